The van der Waals surface area contributed by atoms with Crippen molar-refractivity contribution in [3.63, 3.8) is 0 Å². The summed E-state index contributed by atoms with van der Waals surface area (Å²) < 4.78 is 6.12. The second-order valence-electron chi connectivity index (χ2n) is 5.95. The standard InChI is InChI=1S/C16H25BrN2O2/c1-16(2,9-10-18)8-7-15(20)19-14-6-4-5-13(17)12(14)11-21-3/h4-6H,7-11,18H2,1-3H3,(H,19,20). The Morgan fingerprint density at radius 3 is 2.71 bits per heavy atom. The van der Waals surface area contributed by atoms with Gasteiger partial charge < -0.3 is 15.8 Å². The van der Waals surface area contributed by atoms with Gasteiger partial charge in [0.15, 0.2) is 0 Å². The molecule has 118 valence electrons. The van der Waals surface area contributed by atoms with Gasteiger partial charge in [-0.05, 0) is 36.9 Å². The zero-order valence-electron chi connectivity index (χ0n) is 13.0. The monoisotopic (exact) mass is 356 g/mol. The molecule has 1 aromatic carbocycles. The number of ether oxygens (including phenoxy) is 1. The van der Waals surface area contributed by atoms with E-state index >= 15 is 0 Å². The molecule has 21 heavy (non-hydrogen) atoms. The molecule has 1 aromatic rings. The molecule has 0 saturated carbocycles. The van der Waals surface area contributed by atoms with E-state index in [1.165, 1.54) is 0 Å². The number of carbonyl (C=O) groups excluding carboxylic acids is 1. The molecule has 4 nitrogen and oxygen atoms in total. The summed E-state index contributed by atoms with van der Waals surface area (Å²) in [7, 11) is 1.64. The lowest BCUT2D eigenvalue weighted by Crippen LogP contribution is -2.21. The second kappa shape index (κ2) is 8.51. The van der Waals surface area contributed by atoms with Crippen LogP contribution in [-0.2, 0) is 16.1 Å². The minimum atomic E-state index is 0.0237. The van der Waals surface area contributed by atoms with E-state index in [0.717, 1.165) is 28.6 Å². The molecule has 0 aliphatic heterocycles. The maximum absolute atomic E-state index is 12.1. The van der Waals surface area contributed by atoms with Crippen molar-refractivity contribution < 1.29 is 9.53 Å². The Kier molecular flexibility index (Phi) is 7.35. The van der Waals surface area contributed by atoms with Gasteiger partial charge in [0.05, 0.1) is 6.61 Å². The van der Waals surface area contributed by atoms with Crippen molar-refractivity contribution in [1.29, 1.82) is 0 Å². The third-order valence-corrected chi connectivity index (χ3v) is 4.27. The van der Waals surface area contributed by atoms with Crippen LogP contribution < -0.4 is 11.1 Å². The zero-order valence-corrected chi connectivity index (χ0v) is 14.6. The lowest BCUT2D eigenvalue weighted by atomic mass is 9.84. The van der Waals surface area contributed by atoms with E-state index in [9.17, 15) is 4.79 Å². The first kappa shape index (κ1) is 18.1. The Bertz CT molecular complexity index is 475. The van der Waals surface area contributed by atoms with Gasteiger partial charge in [0, 0.05) is 29.3 Å². The van der Waals surface area contributed by atoms with E-state index in [1.807, 2.05) is 18.2 Å². The highest BCUT2D eigenvalue weighted by molar-refractivity contribution is 9.10. The summed E-state index contributed by atoms with van der Waals surface area (Å²) in [6.07, 6.45) is 2.24. The number of halogens is 1. The lowest BCUT2D eigenvalue weighted by Gasteiger charge is -2.23. The van der Waals surface area contributed by atoms with Gasteiger partial charge in [-0.1, -0.05) is 35.8 Å². The molecule has 0 aromatic heterocycles. The minimum Gasteiger partial charge on any atom is -0.380 e. The molecule has 1 amide bonds. The van der Waals surface area contributed by atoms with Crippen LogP contribution in [0.1, 0.15) is 38.7 Å². The van der Waals surface area contributed by atoms with Gasteiger partial charge >= 0.3 is 0 Å². The maximum atomic E-state index is 12.1. The van der Waals surface area contributed by atoms with Crippen LogP contribution in [-0.4, -0.2) is 19.6 Å². The third kappa shape index (κ3) is 6.16. The number of methoxy groups -OCH3 is 1. The van der Waals surface area contributed by atoms with E-state index in [2.05, 4.69) is 35.1 Å². The van der Waals surface area contributed by atoms with Gasteiger partial charge in [0.1, 0.15) is 0 Å². The van der Waals surface area contributed by atoms with Crippen molar-refractivity contribution in [2.24, 2.45) is 11.1 Å². The van der Waals surface area contributed by atoms with Crippen LogP contribution in [0.5, 0.6) is 0 Å². The first-order valence-corrected chi connectivity index (χ1v) is 7.95. The SMILES string of the molecule is COCc1c(Br)cccc1NC(=O)CCC(C)(C)CCN. The summed E-state index contributed by atoms with van der Waals surface area (Å²) in [5.74, 6) is 0.0237. The number of benzene rings is 1. The predicted molar refractivity (Wildman–Crippen MR) is 90.2 cm³/mol. The summed E-state index contributed by atoms with van der Waals surface area (Å²) in [6, 6.07) is 5.73. The Morgan fingerprint density at radius 2 is 2.10 bits per heavy atom. The molecule has 0 atom stereocenters. The first-order valence-electron chi connectivity index (χ1n) is 7.16. The van der Waals surface area contributed by atoms with Gasteiger partial charge in [0.25, 0.3) is 0 Å². The van der Waals surface area contributed by atoms with Gasteiger partial charge in [0.2, 0.25) is 5.91 Å². The van der Waals surface area contributed by atoms with Crippen LogP contribution >= 0.6 is 15.9 Å². The highest BCUT2D eigenvalue weighted by atomic mass is 79.9. The fourth-order valence-electron chi connectivity index (χ4n) is 2.15. The Hall–Kier alpha value is -0.910. The molecule has 0 radical (unpaired) electrons. The van der Waals surface area contributed by atoms with Gasteiger partial charge in [-0.25, -0.2) is 0 Å². The van der Waals surface area contributed by atoms with Gasteiger partial charge in [-0.2, -0.15) is 0 Å². The number of hydrogen-bond acceptors (Lipinski definition) is 3. The number of rotatable bonds is 8. The van der Waals surface area contributed by atoms with Crippen molar-refractivity contribution in [3.8, 4) is 0 Å². The van der Waals surface area contributed by atoms with Gasteiger partial charge in [-0.3, -0.25) is 4.79 Å². The number of anilines is 1. The highest BCUT2D eigenvalue weighted by Crippen LogP contribution is 2.28. The van der Waals surface area contributed by atoms with Crippen LogP contribution in [0.25, 0.3) is 0 Å². The van der Waals surface area contributed by atoms with Crippen molar-refractivity contribution >= 4 is 27.5 Å². The minimum absolute atomic E-state index is 0.0237. The molecule has 0 aliphatic rings. The fraction of sp³-hybridized carbons (Fsp3) is 0.562. The summed E-state index contributed by atoms with van der Waals surface area (Å²) in [5.41, 5.74) is 7.44. The van der Waals surface area contributed by atoms with Crippen molar-refractivity contribution in [1.82, 2.24) is 0 Å². The van der Waals surface area contributed by atoms with E-state index in [1.54, 1.807) is 7.11 Å². The van der Waals surface area contributed by atoms with Crippen molar-refractivity contribution in [2.45, 2.75) is 39.7 Å². The topological polar surface area (TPSA) is 64.3 Å². The Labute approximate surface area is 135 Å². The van der Waals surface area contributed by atoms with Gasteiger partial charge in [-0.15, -0.1) is 0 Å². The molecule has 3 N–H and O–H groups in total. The van der Waals surface area contributed by atoms with E-state index in [-0.39, 0.29) is 11.3 Å². The van der Waals surface area contributed by atoms with E-state index < -0.39 is 0 Å². The lowest BCUT2D eigenvalue weighted by molar-refractivity contribution is -0.116. The largest absolute Gasteiger partial charge is 0.380 e. The summed E-state index contributed by atoms with van der Waals surface area (Å²) in [6.45, 7) is 5.39. The summed E-state index contributed by atoms with van der Waals surface area (Å²) in [5, 5.41) is 2.97. The van der Waals surface area contributed by atoms with Crippen LogP contribution in [0, 0.1) is 5.41 Å². The van der Waals surface area contributed by atoms with Crippen LogP contribution in [0.2, 0.25) is 0 Å². The van der Waals surface area contributed by atoms with Crippen LogP contribution in [0.3, 0.4) is 0 Å². The third-order valence-electron chi connectivity index (χ3n) is 3.53. The summed E-state index contributed by atoms with van der Waals surface area (Å²) >= 11 is 3.48. The Balaban J connectivity index is 2.65. The number of hydrogen-bond donors (Lipinski definition) is 2. The summed E-state index contributed by atoms with van der Waals surface area (Å²) in [4.78, 5) is 12.1. The molecule has 1 rings (SSSR count). The molecule has 0 saturated heterocycles. The zero-order chi connectivity index (χ0) is 15.9. The fourth-order valence-corrected chi connectivity index (χ4v) is 2.63. The van der Waals surface area contributed by atoms with Crippen molar-refractivity contribution in [2.75, 3.05) is 19.0 Å². The molecule has 0 heterocycles. The number of nitrogens with two attached hydrogens (primary N) is 1. The predicted octanol–water partition coefficient (Wildman–Crippen LogP) is 3.69. The molecular formula is C16H25BrN2O2. The van der Waals surface area contributed by atoms with Crippen LogP contribution in [0.15, 0.2) is 22.7 Å². The quantitative estimate of drug-likeness (QED) is 0.746. The molecule has 5 heteroatoms. The van der Waals surface area contributed by atoms with E-state index in [4.69, 9.17) is 10.5 Å². The molecular weight excluding hydrogens is 332 g/mol. The number of carbonyl (C=O) groups is 1. The second-order valence-corrected chi connectivity index (χ2v) is 6.80. The molecule has 0 spiro atoms. The van der Waals surface area contributed by atoms with Crippen LogP contribution in [0.4, 0.5) is 5.69 Å². The highest BCUT2D eigenvalue weighted by Gasteiger charge is 2.19. The number of nitrogens with one attached hydrogen (secondary N) is 1. The average Bonchev–Trinajstić information content (AvgIpc) is 2.41. The average molecular weight is 357 g/mol. The smallest absolute Gasteiger partial charge is 0.224 e. The molecule has 0 aliphatic carbocycles. The molecule has 0 bridgehead atoms. The van der Waals surface area contributed by atoms with Crippen molar-refractivity contribution in [3.05, 3.63) is 28.2 Å². The Morgan fingerprint density at radius 1 is 1.38 bits per heavy atom. The van der Waals surface area contributed by atoms with E-state index in [0.29, 0.717) is 19.6 Å². The molecule has 0 unspecified atom stereocenters. The maximum Gasteiger partial charge on any atom is 0.224 e. The number of amides is 1. The first-order chi connectivity index (χ1) is 9.89. The molecule has 0 fully saturated rings. The normalized spacial score (nSPS) is 11.5.